The highest BCUT2D eigenvalue weighted by molar-refractivity contribution is 6.29. The van der Waals surface area contributed by atoms with E-state index in [9.17, 15) is 4.39 Å². The number of nitrogens with one attached hydrogen (secondary N) is 1. The van der Waals surface area contributed by atoms with Crippen LogP contribution in [0.1, 0.15) is 11.1 Å². The summed E-state index contributed by atoms with van der Waals surface area (Å²) in [5, 5.41) is 3.52. The number of rotatable bonds is 4. The third-order valence-corrected chi connectivity index (χ3v) is 1.97. The van der Waals surface area contributed by atoms with Crippen molar-refractivity contribution < 1.29 is 4.39 Å². The Morgan fingerprint density at radius 1 is 1.57 bits per heavy atom. The molecule has 76 valence electrons. The van der Waals surface area contributed by atoms with Gasteiger partial charge in [0.15, 0.2) is 0 Å². The second-order valence-corrected chi connectivity index (χ2v) is 3.75. The highest BCUT2D eigenvalue weighted by atomic mass is 35.5. The van der Waals surface area contributed by atoms with Crippen molar-refractivity contribution in [2.75, 3.05) is 6.54 Å². The molecular formula is C11H13ClFN. The van der Waals surface area contributed by atoms with Gasteiger partial charge in [-0.3, -0.25) is 0 Å². The van der Waals surface area contributed by atoms with E-state index in [1.54, 1.807) is 6.07 Å². The molecule has 0 unspecified atom stereocenters. The molecule has 14 heavy (non-hydrogen) atoms. The fraction of sp³-hybridized carbons (Fsp3) is 0.273. The first-order valence-electron chi connectivity index (χ1n) is 4.38. The summed E-state index contributed by atoms with van der Waals surface area (Å²) in [5.74, 6) is -0.191. The Hall–Kier alpha value is -0.860. The van der Waals surface area contributed by atoms with Gasteiger partial charge in [-0.1, -0.05) is 35.9 Å². The molecule has 0 atom stereocenters. The van der Waals surface area contributed by atoms with Crippen LogP contribution in [0.5, 0.6) is 0 Å². The van der Waals surface area contributed by atoms with Gasteiger partial charge in [0.1, 0.15) is 5.82 Å². The first kappa shape index (κ1) is 11.2. The van der Waals surface area contributed by atoms with Gasteiger partial charge in [-0.15, -0.1) is 0 Å². The zero-order valence-electron chi connectivity index (χ0n) is 8.11. The minimum Gasteiger partial charge on any atom is -0.308 e. The van der Waals surface area contributed by atoms with Crippen LogP contribution in [0.25, 0.3) is 0 Å². The summed E-state index contributed by atoms with van der Waals surface area (Å²) in [6, 6.07) is 5.04. The van der Waals surface area contributed by atoms with Crippen molar-refractivity contribution in [3.05, 3.63) is 46.8 Å². The normalized spacial score (nSPS) is 10.2. The van der Waals surface area contributed by atoms with E-state index in [4.69, 9.17) is 11.6 Å². The van der Waals surface area contributed by atoms with Crippen molar-refractivity contribution in [2.24, 2.45) is 0 Å². The number of benzene rings is 1. The molecule has 1 aromatic carbocycles. The molecule has 0 amide bonds. The van der Waals surface area contributed by atoms with Gasteiger partial charge in [-0.25, -0.2) is 4.39 Å². The Morgan fingerprint density at radius 2 is 2.29 bits per heavy atom. The summed E-state index contributed by atoms with van der Waals surface area (Å²) in [7, 11) is 0. The average molecular weight is 214 g/mol. The number of aryl methyl sites for hydroxylation is 1. The minimum absolute atomic E-state index is 0.191. The fourth-order valence-electron chi connectivity index (χ4n) is 1.17. The third-order valence-electron chi connectivity index (χ3n) is 1.83. The quantitative estimate of drug-likeness (QED) is 0.811. The van der Waals surface area contributed by atoms with E-state index in [2.05, 4.69) is 11.9 Å². The van der Waals surface area contributed by atoms with Crippen molar-refractivity contribution in [3.63, 3.8) is 0 Å². The molecular weight excluding hydrogens is 201 g/mol. The molecule has 0 heterocycles. The molecule has 0 bridgehead atoms. The van der Waals surface area contributed by atoms with Gasteiger partial charge in [-0.2, -0.15) is 0 Å². The smallest absolute Gasteiger partial charge is 0.127 e. The molecule has 1 N–H and O–H groups in total. The topological polar surface area (TPSA) is 12.0 Å². The molecule has 3 heteroatoms. The second-order valence-electron chi connectivity index (χ2n) is 3.22. The Kier molecular flexibility index (Phi) is 4.11. The molecule has 1 aromatic rings. The van der Waals surface area contributed by atoms with E-state index in [-0.39, 0.29) is 5.82 Å². The summed E-state index contributed by atoms with van der Waals surface area (Å²) >= 11 is 5.56. The van der Waals surface area contributed by atoms with Crippen LogP contribution in [0.15, 0.2) is 29.8 Å². The zero-order chi connectivity index (χ0) is 10.6. The van der Waals surface area contributed by atoms with Crippen LogP contribution in [0.2, 0.25) is 0 Å². The van der Waals surface area contributed by atoms with Gasteiger partial charge in [0.25, 0.3) is 0 Å². The molecule has 0 aromatic heterocycles. The standard InChI is InChI=1S/C11H13ClFN/c1-8-3-4-11(13)10(5-8)7-14-6-9(2)12/h3-5,14H,2,6-7H2,1H3. The molecule has 0 saturated heterocycles. The molecule has 0 fully saturated rings. The zero-order valence-corrected chi connectivity index (χ0v) is 8.87. The van der Waals surface area contributed by atoms with E-state index in [1.807, 2.05) is 13.0 Å². The van der Waals surface area contributed by atoms with Crippen molar-refractivity contribution in [1.29, 1.82) is 0 Å². The lowest BCUT2D eigenvalue weighted by Gasteiger charge is -2.05. The molecule has 0 aliphatic carbocycles. The van der Waals surface area contributed by atoms with E-state index in [1.165, 1.54) is 6.07 Å². The average Bonchev–Trinajstić information content (AvgIpc) is 2.10. The van der Waals surface area contributed by atoms with Crippen LogP contribution < -0.4 is 5.32 Å². The van der Waals surface area contributed by atoms with Crippen molar-refractivity contribution in [1.82, 2.24) is 5.32 Å². The van der Waals surface area contributed by atoms with Gasteiger partial charge < -0.3 is 5.32 Å². The molecule has 0 aliphatic rings. The maximum Gasteiger partial charge on any atom is 0.127 e. The molecule has 0 spiro atoms. The Morgan fingerprint density at radius 3 is 2.93 bits per heavy atom. The second kappa shape index (κ2) is 5.13. The number of halogens is 2. The first-order chi connectivity index (χ1) is 6.59. The van der Waals surface area contributed by atoms with Crippen molar-refractivity contribution in [3.8, 4) is 0 Å². The van der Waals surface area contributed by atoms with E-state index < -0.39 is 0 Å². The van der Waals surface area contributed by atoms with Gasteiger partial charge in [0.2, 0.25) is 0 Å². The summed E-state index contributed by atoms with van der Waals surface area (Å²) in [5.41, 5.74) is 1.70. The molecule has 1 rings (SSSR count). The predicted molar refractivity (Wildman–Crippen MR) is 57.8 cm³/mol. The summed E-state index contributed by atoms with van der Waals surface area (Å²) in [6.07, 6.45) is 0. The van der Waals surface area contributed by atoms with Crippen LogP contribution in [0.3, 0.4) is 0 Å². The third kappa shape index (κ3) is 3.48. The molecule has 0 saturated carbocycles. The number of hydrogen-bond acceptors (Lipinski definition) is 1. The van der Waals surface area contributed by atoms with Crippen molar-refractivity contribution in [2.45, 2.75) is 13.5 Å². The Bertz CT molecular complexity index is 336. The van der Waals surface area contributed by atoms with Crippen molar-refractivity contribution >= 4 is 11.6 Å². The molecule has 1 nitrogen and oxygen atoms in total. The minimum atomic E-state index is -0.191. The van der Waals surface area contributed by atoms with E-state index in [0.717, 1.165) is 5.56 Å². The fourth-order valence-corrected chi connectivity index (χ4v) is 1.27. The Balaban J connectivity index is 2.57. The highest BCUT2D eigenvalue weighted by Crippen LogP contribution is 2.09. The number of hydrogen-bond donors (Lipinski definition) is 1. The van der Waals surface area contributed by atoms with Gasteiger partial charge in [-0.05, 0) is 13.0 Å². The van der Waals surface area contributed by atoms with Gasteiger partial charge >= 0.3 is 0 Å². The van der Waals surface area contributed by atoms with Crippen LogP contribution in [0, 0.1) is 12.7 Å². The first-order valence-corrected chi connectivity index (χ1v) is 4.76. The SMILES string of the molecule is C=C(Cl)CNCc1cc(C)ccc1F. The van der Waals surface area contributed by atoms with E-state index >= 15 is 0 Å². The monoisotopic (exact) mass is 213 g/mol. The maximum atomic E-state index is 13.2. The highest BCUT2D eigenvalue weighted by Gasteiger charge is 2.01. The summed E-state index contributed by atoms with van der Waals surface area (Å²) in [6.45, 7) is 6.44. The maximum absolute atomic E-state index is 13.2. The van der Waals surface area contributed by atoms with Crippen LogP contribution in [-0.2, 0) is 6.54 Å². The van der Waals surface area contributed by atoms with Crippen LogP contribution in [-0.4, -0.2) is 6.54 Å². The lowest BCUT2D eigenvalue weighted by molar-refractivity contribution is 0.595. The summed E-state index contributed by atoms with van der Waals surface area (Å²) < 4.78 is 13.2. The van der Waals surface area contributed by atoms with Gasteiger partial charge in [0.05, 0.1) is 0 Å². The summed E-state index contributed by atoms with van der Waals surface area (Å²) in [4.78, 5) is 0. The van der Waals surface area contributed by atoms with Crippen LogP contribution in [0.4, 0.5) is 4.39 Å². The molecule has 0 aliphatic heterocycles. The lowest BCUT2D eigenvalue weighted by Crippen LogP contribution is -2.15. The lowest BCUT2D eigenvalue weighted by atomic mass is 10.1. The van der Waals surface area contributed by atoms with Crippen LogP contribution >= 0.6 is 11.6 Å². The van der Waals surface area contributed by atoms with Gasteiger partial charge in [0, 0.05) is 23.7 Å². The Labute approximate surface area is 88.6 Å². The largest absolute Gasteiger partial charge is 0.308 e. The molecule has 0 radical (unpaired) electrons. The predicted octanol–water partition coefficient (Wildman–Crippen LogP) is 2.98. The van der Waals surface area contributed by atoms with E-state index in [0.29, 0.717) is 23.7 Å².